The monoisotopic (exact) mass is 353 g/mol. The number of thiocarbonyl (C=S) groups is 3. The van der Waals surface area contributed by atoms with E-state index >= 15 is 0 Å². The van der Waals surface area contributed by atoms with Crippen molar-refractivity contribution in [3.63, 3.8) is 0 Å². The summed E-state index contributed by atoms with van der Waals surface area (Å²) in [5.74, 6) is 0. The number of nitrogens with one attached hydrogen (secondary N) is 3. The molecule has 0 fully saturated rings. The van der Waals surface area contributed by atoms with E-state index in [0.717, 1.165) is 53.0 Å². The third kappa shape index (κ3) is 7.77. The summed E-state index contributed by atoms with van der Waals surface area (Å²) >= 11 is 15.8. The predicted molar refractivity (Wildman–Crippen MR) is 107 cm³/mol. The summed E-state index contributed by atoms with van der Waals surface area (Å²) in [6.45, 7) is 6.46. The second kappa shape index (κ2) is 10.6. The van der Waals surface area contributed by atoms with Crippen molar-refractivity contribution in [3.8, 4) is 0 Å². The standard InChI is InChI=1S/C16H23N3S3/c1-3-17-14(20)8-10-18-15(21)9-11-19-16(22)13-6-4-12(2)5-7-13/h4-7H,3,8-11H2,1-2H3,(H,17,20)(H,18,21)(H,19,22). The fourth-order valence-electron chi connectivity index (χ4n) is 1.79. The van der Waals surface area contributed by atoms with Crippen LogP contribution in [0.5, 0.6) is 0 Å². The first-order valence-electron chi connectivity index (χ1n) is 7.41. The van der Waals surface area contributed by atoms with Crippen LogP contribution in [0, 0.1) is 6.92 Å². The van der Waals surface area contributed by atoms with E-state index in [0.29, 0.717) is 0 Å². The van der Waals surface area contributed by atoms with Crippen molar-refractivity contribution < 1.29 is 0 Å². The molecule has 3 nitrogen and oxygen atoms in total. The van der Waals surface area contributed by atoms with Crippen molar-refractivity contribution in [1.29, 1.82) is 0 Å². The minimum atomic E-state index is 0.732. The quantitative estimate of drug-likeness (QED) is 0.624. The Morgan fingerprint density at radius 2 is 1.41 bits per heavy atom. The molecule has 1 rings (SSSR count). The molecule has 0 aliphatic carbocycles. The lowest BCUT2D eigenvalue weighted by Crippen LogP contribution is -2.31. The maximum absolute atomic E-state index is 5.37. The van der Waals surface area contributed by atoms with Crippen LogP contribution in [0.15, 0.2) is 24.3 Å². The van der Waals surface area contributed by atoms with Crippen LogP contribution < -0.4 is 16.0 Å². The van der Waals surface area contributed by atoms with Crippen LogP contribution in [0.25, 0.3) is 0 Å². The van der Waals surface area contributed by atoms with E-state index in [1.54, 1.807) is 0 Å². The third-order valence-electron chi connectivity index (χ3n) is 3.00. The molecule has 0 bridgehead atoms. The van der Waals surface area contributed by atoms with Gasteiger partial charge in [-0.15, -0.1) is 0 Å². The molecule has 3 N–H and O–H groups in total. The molecular weight excluding hydrogens is 330 g/mol. The summed E-state index contributed by atoms with van der Waals surface area (Å²) < 4.78 is 0. The molecule has 0 radical (unpaired) electrons. The highest BCUT2D eigenvalue weighted by Gasteiger charge is 2.02. The highest BCUT2D eigenvalue weighted by molar-refractivity contribution is 7.81. The Bertz CT molecular complexity index is 512. The van der Waals surface area contributed by atoms with Crippen LogP contribution in [0.2, 0.25) is 0 Å². The Hall–Kier alpha value is -1.11. The highest BCUT2D eigenvalue weighted by atomic mass is 32.1. The Morgan fingerprint density at radius 1 is 0.864 bits per heavy atom. The topological polar surface area (TPSA) is 36.1 Å². The molecule has 0 heterocycles. The van der Waals surface area contributed by atoms with E-state index in [2.05, 4.69) is 35.0 Å². The number of rotatable bonds is 8. The molecule has 0 aliphatic rings. The van der Waals surface area contributed by atoms with Crippen LogP contribution in [0.3, 0.4) is 0 Å². The molecule has 1 aromatic rings. The predicted octanol–water partition coefficient (Wildman–Crippen LogP) is 2.89. The molecule has 0 spiro atoms. The molecule has 0 aromatic heterocycles. The lowest BCUT2D eigenvalue weighted by Gasteiger charge is -2.11. The molecular formula is C16H23N3S3. The average molecular weight is 354 g/mol. The molecule has 0 aliphatic heterocycles. The number of benzene rings is 1. The number of hydrogen-bond acceptors (Lipinski definition) is 3. The number of hydrogen-bond donors (Lipinski definition) is 3. The summed E-state index contributed by atoms with van der Waals surface area (Å²) in [6, 6.07) is 8.18. The van der Waals surface area contributed by atoms with Gasteiger partial charge in [0.2, 0.25) is 0 Å². The van der Waals surface area contributed by atoms with Gasteiger partial charge in [-0.1, -0.05) is 66.5 Å². The van der Waals surface area contributed by atoms with Gasteiger partial charge in [0, 0.05) is 38.0 Å². The summed E-state index contributed by atoms with van der Waals surface area (Å²) in [6.07, 6.45) is 1.56. The first-order chi connectivity index (χ1) is 10.5. The molecule has 0 saturated carbocycles. The summed E-state index contributed by atoms with van der Waals surface area (Å²) in [5.41, 5.74) is 2.27. The third-order valence-corrected chi connectivity index (χ3v) is 4.08. The van der Waals surface area contributed by atoms with Crippen LogP contribution in [-0.2, 0) is 0 Å². The van der Waals surface area contributed by atoms with Crippen molar-refractivity contribution in [2.24, 2.45) is 0 Å². The number of aryl methyl sites for hydroxylation is 1. The summed E-state index contributed by atoms with van der Waals surface area (Å²) in [4.78, 5) is 2.46. The van der Waals surface area contributed by atoms with Gasteiger partial charge in [0.1, 0.15) is 4.99 Å². The van der Waals surface area contributed by atoms with Gasteiger partial charge < -0.3 is 16.0 Å². The Labute approximate surface area is 149 Å². The van der Waals surface area contributed by atoms with Crippen molar-refractivity contribution in [2.75, 3.05) is 19.6 Å². The van der Waals surface area contributed by atoms with E-state index in [1.165, 1.54) is 5.56 Å². The second-order valence-electron chi connectivity index (χ2n) is 4.93. The van der Waals surface area contributed by atoms with Crippen LogP contribution in [0.4, 0.5) is 0 Å². The van der Waals surface area contributed by atoms with Gasteiger partial charge in [-0.25, -0.2) is 0 Å². The van der Waals surface area contributed by atoms with E-state index < -0.39 is 0 Å². The molecule has 0 saturated heterocycles. The molecule has 120 valence electrons. The molecule has 0 unspecified atom stereocenters. The Balaban J connectivity index is 2.18. The maximum atomic E-state index is 5.37. The van der Waals surface area contributed by atoms with Gasteiger partial charge >= 0.3 is 0 Å². The lowest BCUT2D eigenvalue weighted by atomic mass is 10.1. The zero-order chi connectivity index (χ0) is 16.4. The molecule has 1 aromatic carbocycles. The fraction of sp³-hybridized carbons (Fsp3) is 0.438. The van der Waals surface area contributed by atoms with Gasteiger partial charge in [0.25, 0.3) is 0 Å². The van der Waals surface area contributed by atoms with E-state index in [-0.39, 0.29) is 0 Å². The van der Waals surface area contributed by atoms with E-state index in [1.807, 2.05) is 19.1 Å². The summed E-state index contributed by atoms with van der Waals surface area (Å²) in [7, 11) is 0. The molecule has 6 heteroatoms. The van der Waals surface area contributed by atoms with Gasteiger partial charge in [-0.05, 0) is 13.8 Å². The van der Waals surface area contributed by atoms with Crippen molar-refractivity contribution in [3.05, 3.63) is 35.4 Å². The van der Waals surface area contributed by atoms with Gasteiger partial charge in [-0.2, -0.15) is 0 Å². The van der Waals surface area contributed by atoms with Gasteiger partial charge in [-0.3, -0.25) is 0 Å². The van der Waals surface area contributed by atoms with Crippen molar-refractivity contribution >= 4 is 51.6 Å². The largest absolute Gasteiger partial charge is 0.380 e. The summed E-state index contributed by atoms with van der Waals surface area (Å²) in [5, 5.41) is 9.57. The minimum absolute atomic E-state index is 0.732. The smallest absolute Gasteiger partial charge is 0.106 e. The van der Waals surface area contributed by atoms with E-state index in [9.17, 15) is 0 Å². The Kier molecular flexibility index (Phi) is 9.11. The first kappa shape index (κ1) is 18.9. The molecule has 0 amide bonds. The lowest BCUT2D eigenvalue weighted by molar-refractivity contribution is 0.847. The zero-order valence-corrected chi connectivity index (χ0v) is 15.5. The van der Waals surface area contributed by atoms with Crippen molar-refractivity contribution in [1.82, 2.24) is 16.0 Å². The SMILES string of the molecule is CCNC(=S)CCNC(=S)CCNC(=S)c1ccc(C)cc1. The van der Waals surface area contributed by atoms with Gasteiger partial charge in [0.15, 0.2) is 0 Å². The normalized spacial score (nSPS) is 9.91. The van der Waals surface area contributed by atoms with E-state index in [4.69, 9.17) is 36.7 Å². The minimum Gasteiger partial charge on any atom is -0.380 e. The molecule has 0 atom stereocenters. The molecule has 22 heavy (non-hydrogen) atoms. The fourth-order valence-corrected chi connectivity index (χ4v) is 2.47. The van der Waals surface area contributed by atoms with Crippen molar-refractivity contribution in [2.45, 2.75) is 26.7 Å². The first-order valence-corrected chi connectivity index (χ1v) is 8.63. The van der Waals surface area contributed by atoms with Crippen LogP contribution >= 0.6 is 36.7 Å². The average Bonchev–Trinajstić information content (AvgIpc) is 2.48. The van der Waals surface area contributed by atoms with Crippen LogP contribution in [-0.4, -0.2) is 34.6 Å². The zero-order valence-electron chi connectivity index (χ0n) is 13.1. The Morgan fingerprint density at radius 3 is 2.00 bits per heavy atom. The highest BCUT2D eigenvalue weighted by Crippen LogP contribution is 2.03. The van der Waals surface area contributed by atoms with Crippen LogP contribution in [0.1, 0.15) is 30.9 Å². The van der Waals surface area contributed by atoms with Gasteiger partial charge in [0.05, 0.1) is 9.98 Å². The maximum Gasteiger partial charge on any atom is 0.106 e. The second-order valence-corrected chi connectivity index (χ2v) is 6.32.